The predicted molar refractivity (Wildman–Crippen MR) is 81.3 cm³/mol. The quantitative estimate of drug-likeness (QED) is 0.788. The highest BCUT2D eigenvalue weighted by atomic mass is 15.1. The van der Waals surface area contributed by atoms with Crippen LogP contribution in [0, 0.1) is 5.92 Å². The molecule has 2 heteroatoms. The lowest BCUT2D eigenvalue weighted by atomic mass is 9.97. The van der Waals surface area contributed by atoms with E-state index in [-0.39, 0.29) is 0 Å². The third kappa shape index (κ3) is 4.69. The minimum Gasteiger partial charge on any atom is -0.378 e. The first kappa shape index (κ1) is 15.0. The van der Waals surface area contributed by atoms with Gasteiger partial charge in [0.1, 0.15) is 0 Å². The number of anilines is 1. The van der Waals surface area contributed by atoms with Crippen LogP contribution in [0.25, 0.3) is 0 Å². The Balaban J connectivity index is 2.72. The van der Waals surface area contributed by atoms with Crippen LogP contribution < -0.4 is 10.2 Å². The van der Waals surface area contributed by atoms with Crippen molar-refractivity contribution in [2.45, 2.75) is 39.7 Å². The Labute approximate surface area is 112 Å². The first-order valence-electron chi connectivity index (χ1n) is 7.05. The predicted octanol–water partition coefficient (Wildman–Crippen LogP) is 3.84. The van der Waals surface area contributed by atoms with Crippen molar-refractivity contribution in [1.82, 2.24) is 5.32 Å². The van der Waals surface area contributed by atoms with Crippen molar-refractivity contribution < 1.29 is 0 Å². The molecule has 0 spiro atoms. The first-order chi connectivity index (χ1) is 8.54. The van der Waals surface area contributed by atoms with E-state index in [0.717, 1.165) is 12.5 Å². The van der Waals surface area contributed by atoms with Crippen molar-refractivity contribution in [2.24, 2.45) is 5.92 Å². The van der Waals surface area contributed by atoms with Gasteiger partial charge in [0.05, 0.1) is 0 Å². The van der Waals surface area contributed by atoms with Crippen LogP contribution in [0.15, 0.2) is 24.3 Å². The van der Waals surface area contributed by atoms with Crippen LogP contribution in [0.4, 0.5) is 5.69 Å². The molecule has 1 aromatic carbocycles. The summed E-state index contributed by atoms with van der Waals surface area (Å²) >= 11 is 0. The topological polar surface area (TPSA) is 15.3 Å². The summed E-state index contributed by atoms with van der Waals surface area (Å²) in [6.07, 6.45) is 2.49. The van der Waals surface area contributed by atoms with Crippen molar-refractivity contribution >= 4 is 5.69 Å². The Bertz CT molecular complexity index is 327. The molecular formula is C16H28N2. The van der Waals surface area contributed by atoms with Crippen LogP contribution in [0.2, 0.25) is 0 Å². The number of nitrogens with one attached hydrogen (secondary N) is 1. The summed E-state index contributed by atoms with van der Waals surface area (Å²) in [5.41, 5.74) is 2.67. The van der Waals surface area contributed by atoms with Crippen LogP contribution in [-0.4, -0.2) is 20.6 Å². The van der Waals surface area contributed by atoms with Gasteiger partial charge in [-0.2, -0.15) is 0 Å². The van der Waals surface area contributed by atoms with Crippen LogP contribution >= 0.6 is 0 Å². The molecule has 0 bridgehead atoms. The van der Waals surface area contributed by atoms with E-state index in [1.54, 1.807) is 0 Å². The van der Waals surface area contributed by atoms with E-state index in [0.29, 0.717) is 6.04 Å². The van der Waals surface area contributed by atoms with E-state index in [2.05, 4.69) is 69.3 Å². The lowest BCUT2D eigenvalue weighted by Gasteiger charge is -2.20. The van der Waals surface area contributed by atoms with Crippen molar-refractivity contribution in [3.8, 4) is 0 Å². The maximum Gasteiger partial charge on any atom is 0.0361 e. The molecule has 1 atom stereocenters. The van der Waals surface area contributed by atoms with Crippen molar-refractivity contribution in [2.75, 3.05) is 25.5 Å². The van der Waals surface area contributed by atoms with Crippen molar-refractivity contribution in [3.05, 3.63) is 29.8 Å². The second-order valence-electron chi connectivity index (χ2n) is 5.57. The highest BCUT2D eigenvalue weighted by Gasteiger charge is 2.11. The zero-order chi connectivity index (χ0) is 13.5. The largest absolute Gasteiger partial charge is 0.378 e. The molecule has 0 aromatic heterocycles. The Kier molecular flexibility index (Phi) is 6.20. The molecule has 0 saturated carbocycles. The van der Waals surface area contributed by atoms with Crippen LogP contribution in [0.1, 0.15) is 45.2 Å². The van der Waals surface area contributed by atoms with E-state index in [1.165, 1.54) is 24.1 Å². The molecule has 0 radical (unpaired) electrons. The van der Waals surface area contributed by atoms with Gasteiger partial charge in [-0.25, -0.2) is 0 Å². The van der Waals surface area contributed by atoms with E-state index >= 15 is 0 Å². The smallest absolute Gasteiger partial charge is 0.0361 e. The number of nitrogens with zero attached hydrogens (tertiary/aromatic N) is 1. The molecule has 0 amide bonds. The maximum atomic E-state index is 3.59. The molecular weight excluding hydrogens is 220 g/mol. The summed E-state index contributed by atoms with van der Waals surface area (Å²) < 4.78 is 0. The molecule has 1 rings (SSSR count). The Hall–Kier alpha value is -1.02. The van der Waals surface area contributed by atoms with E-state index in [9.17, 15) is 0 Å². The van der Waals surface area contributed by atoms with Crippen molar-refractivity contribution in [1.29, 1.82) is 0 Å². The fourth-order valence-corrected chi connectivity index (χ4v) is 2.14. The van der Waals surface area contributed by atoms with Gasteiger partial charge in [0.2, 0.25) is 0 Å². The fourth-order valence-electron chi connectivity index (χ4n) is 2.14. The summed E-state index contributed by atoms with van der Waals surface area (Å²) in [6, 6.07) is 9.41. The lowest BCUT2D eigenvalue weighted by Crippen LogP contribution is -2.21. The average Bonchev–Trinajstić information content (AvgIpc) is 2.34. The van der Waals surface area contributed by atoms with Crippen molar-refractivity contribution in [3.63, 3.8) is 0 Å². The third-order valence-electron chi connectivity index (χ3n) is 3.30. The standard InChI is InChI=1S/C16H28N2/c1-6-17-16(12-7-13(2)3)14-8-10-15(11-9-14)18(4)5/h8-11,13,16-17H,6-7,12H2,1-5H3. The number of hydrogen-bond acceptors (Lipinski definition) is 2. The Morgan fingerprint density at radius 1 is 1.06 bits per heavy atom. The lowest BCUT2D eigenvalue weighted by molar-refractivity contribution is 0.448. The van der Waals surface area contributed by atoms with Crippen LogP contribution in [0.5, 0.6) is 0 Å². The van der Waals surface area contributed by atoms with Gasteiger partial charge in [-0.1, -0.05) is 32.9 Å². The van der Waals surface area contributed by atoms with Gasteiger partial charge in [0, 0.05) is 25.8 Å². The summed E-state index contributed by atoms with van der Waals surface area (Å²) in [5.74, 6) is 0.771. The van der Waals surface area contributed by atoms with E-state index in [4.69, 9.17) is 0 Å². The van der Waals surface area contributed by atoms with Gasteiger partial charge in [-0.3, -0.25) is 0 Å². The molecule has 102 valence electrons. The monoisotopic (exact) mass is 248 g/mol. The molecule has 1 aromatic rings. The Morgan fingerprint density at radius 3 is 2.11 bits per heavy atom. The third-order valence-corrected chi connectivity index (χ3v) is 3.30. The molecule has 0 saturated heterocycles. The zero-order valence-corrected chi connectivity index (χ0v) is 12.5. The average molecular weight is 248 g/mol. The minimum atomic E-state index is 0.494. The highest BCUT2D eigenvalue weighted by molar-refractivity contribution is 5.46. The van der Waals surface area contributed by atoms with Gasteiger partial charge >= 0.3 is 0 Å². The SMILES string of the molecule is CCNC(CCC(C)C)c1ccc(N(C)C)cc1. The fraction of sp³-hybridized carbons (Fsp3) is 0.625. The number of rotatable bonds is 7. The summed E-state index contributed by atoms with van der Waals surface area (Å²) in [7, 11) is 4.16. The molecule has 18 heavy (non-hydrogen) atoms. The molecule has 1 unspecified atom stereocenters. The highest BCUT2D eigenvalue weighted by Crippen LogP contribution is 2.23. The number of benzene rings is 1. The molecule has 0 aliphatic carbocycles. The van der Waals surface area contributed by atoms with E-state index < -0.39 is 0 Å². The normalized spacial score (nSPS) is 12.8. The second kappa shape index (κ2) is 7.42. The van der Waals surface area contributed by atoms with Gasteiger partial charge in [0.25, 0.3) is 0 Å². The van der Waals surface area contributed by atoms with Gasteiger partial charge in [0.15, 0.2) is 0 Å². The molecule has 1 N–H and O–H groups in total. The maximum absolute atomic E-state index is 3.59. The molecule has 2 nitrogen and oxygen atoms in total. The molecule has 0 fully saturated rings. The molecule has 0 heterocycles. The van der Waals surface area contributed by atoms with E-state index in [1.807, 2.05) is 0 Å². The van der Waals surface area contributed by atoms with Gasteiger partial charge < -0.3 is 10.2 Å². The summed E-state index contributed by atoms with van der Waals surface area (Å²) in [5, 5.41) is 3.59. The van der Waals surface area contributed by atoms with Gasteiger partial charge in [-0.15, -0.1) is 0 Å². The van der Waals surface area contributed by atoms with Crippen LogP contribution in [-0.2, 0) is 0 Å². The Morgan fingerprint density at radius 2 is 1.67 bits per heavy atom. The minimum absolute atomic E-state index is 0.494. The summed E-state index contributed by atoms with van der Waals surface area (Å²) in [4.78, 5) is 2.14. The van der Waals surface area contributed by atoms with Crippen LogP contribution in [0.3, 0.4) is 0 Å². The zero-order valence-electron chi connectivity index (χ0n) is 12.5. The summed E-state index contributed by atoms with van der Waals surface area (Å²) in [6.45, 7) is 7.78. The molecule has 0 aliphatic heterocycles. The molecule has 0 aliphatic rings. The van der Waals surface area contributed by atoms with Gasteiger partial charge in [-0.05, 0) is 43.0 Å². The second-order valence-corrected chi connectivity index (χ2v) is 5.57. The first-order valence-corrected chi connectivity index (χ1v) is 7.05. The number of hydrogen-bond donors (Lipinski definition) is 1.